The van der Waals surface area contributed by atoms with Gasteiger partial charge in [0.2, 0.25) is 0 Å². The van der Waals surface area contributed by atoms with Crippen molar-refractivity contribution in [2.45, 2.75) is 39.8 Å². The van der Waals surface area contributed by atoms with Crippen molar-refractivity contribution in [3.63, 3.8) is 0 Å². The van der Waals surface area contributed by atoms with Gasteiger partial charge in [-0.1, -0.05) is 19.8 Å². The van der Waals surface area contributed by atoms with Crippen molar-refractivity contribution in [1.82, 2.24) is 9.88 Å². The summed E-state index contributed by atoms with van der Waals surface area (Å²) in [6.07, 6.45) is 7.32. The Morgan fingerprint density at radius 2 is 2.06 bits per heavy atom. The van der Waals surface area contributed by atoms with E-state index in [1.54, 1.807) is 0 Å². The normalized spacial score (nSPS) is 12.6. The number of halogens is 1. The molecule has 0 bridgehead atoms. The molecule has 18 heavy (non-hydrogen) atoms. The molecule has 1 atom stereocenters. The Morgan fingerprint density at radius 3 is 2.50 bits per heavy atom. The van der Waals surface area contributed by atoms with Crippen LogP contribution in [0, 0.1) is 18.3 Å². The third kappa shape index (κ3) is 3.39. The molecule has 0 saturated heterocycles. The monoisotopic (exact) mass is 310 g/mol. The summed E-state index contributed by atoms with van der Waals surface area (Å²) < 4.78 is 2.82. The van der Waals surface area contributed by atoms with Crippen LogP contribution in [0.4, 0.5) is 0 Å². The average Bonchev–Trinajstić information content (AvgIpc) is 2.67. The fourth-order valence-corrected chi connectivity index (χ4v) is 2.11. The summed E-state index contributed by atoms with van der Waals surface area (Å²) >= 11 is 3.39. The van der Waals surface area contributed by atoms with Gasteiger partial charge in [-0.3, -0.25) is 4.79 Å². The topological polar surface area (TPSA) is 34.0 Å². The summed E-state index contributed by atoms with van der Waals surface area (Å²) in [5, 5.41) is 2.87. The van der Waals surface area contributed by atoms with Crippen molar-refractivity contribution in [3.05, 3.63) is 22.4 Å². The van der Waals surface area contributed by atoms with Gasteiger partial charge < -0.3 is 9.88 Å². The predicted molar refractivity (Wildman–Crippen MR) is 77.4 cm³/mol. The number of carbonyl (C=O) groups excluding carboxylic acids is 1. The molecule has 0 spiro atoms. The summed E-state index contributed by atoms with van der Waals surface area (Å²) in [5.74, 6) is 2.68. The maximum Gasteiger partial charge on any atom is 0.268 e. The number of hydrogen-bond donors (Lipinski definition) is 1. The molecular weight excluding hydrogens is 292 g/mol. The van der Waals surface area contributed by atoms with Gasteiger partial charge in [0.05, 0.1) is 6.04 Å². The van der Waals surface area contributed by atoms with Gasteiger partial charge in [-0.2, -0.15) is 0 Å². The smallest absolute Gasteiger partial charge is 0.268 e. The molecule has 1 heterocycles. The number of carbonyl (C=O) groups is 1. The van der Waals surface area contributed by atoms with Crippen molar-refractivity contribution in [2.24, 2.45) is 5.92 Å². The van der Waals surface area contributed by atoms with Gasteiger partial charge in [0.15, 0.2) is 0 Å². The van der Waals surface area contributed by atoms with Gasteiger partial charge in [0, 0.05) is 16.7 Å². The first-order valence-corrected chi connectivity index (χ1v) is 6.80. The highest BCUT2D eigenvalue weighted by molar-refractivity contribution is 9.10. The number of hydrogen-bond acceptors (Lipinski definition) is 1. The highest BCUT2D eigenvalue weighted by atomic mass is 79.9. The van der Waals surface area contributed by atoms with Gasteiger partial charge in [-0.05, 0) is 41.8 Å². The minimum absolute atomic E-state index is 0.133. The van der Waals surface area contributed by atoms with Gasteiger partial charge in [-0.15, -0.1) is 6.42 Å². The van der Waals surface area contributed by atoms with E-state index in [-0.39, 0.29) is 23.9 Å². The second-order valence-corrected chi connectivity index (χ2v) is 5.82. The minimum Gasteiger partial charge on any atom is -0.340 e. The maximum atomic E-state index is 12.2. The molecule has 0 aliphatic heterocycles. The molecular formula is C14H19BrN2O. The predicted octanol–water partition coefficient (Wildman–Crippen LogP) is 3.22. The molecule has 1 amide bonds. The summed E-state index contributed by atoms with van der Waals surface area (Å²) in [6, 6.07) is 1.79. The van der Waals surface area contributed by atoms with Gasteiger partial charge in [0.1, 0.15) is 5.69 Å². The molecule has 0 radical (unpaired) electrons. The van der Waals surface area contributed by atoms with E-state index in [1.165, 1.54) is 0 Å². The molecule has 0 saturated carbocycles. The Hall–Kier alpha value is -1.21. The molecule has 0 aliphatic carbocycles. The van der Waals surface area contributed by atoms with Gasteiger partial charge in [-0.25, -0.2) is 0 Å². The van der Waals surface area contributed by atoms with E-state index in [0.717, 1.165) is 4.47 Å². The minimum atomic E-state index is -0.244. The van der Waals surface area contributed by atoms with Crippen molar-refractivity contribution in [2.75, 3.05) is 0 Å². The lowest BCUT2D eigenvalue weighted by Crippen LogP contribution is -2.38. The zero-order valence-corrected chi connectivity index (χ0v) is 12.8. The van der Waals surface area contributed by atoms with Crippen LogP contribution in [-0.2, 0) is 0 Å². The Labute approximate surface area is 117 Å². The van der Waals surface area contributed by atoms with Crippen molar-refractivity contribution < 1.29 is 4.79 Å². The van der Waals surface area contributed by atoms with E-state index in [4.69, 9.17) is 6.42 Å². The number of nitrogens with zero attached hydrogens (tertiary/aromatic N) is 1. The third-order valence-electron chi connectivity index (χ3n) is 2.74. The van der Waals surface area contributed by atoms with Crippen LogP contribution >= 0.6 is 15.9 Å². The number of aromatic nitrogens is 1. The molecule has 0 aromatic carbocycles. The Bertz CT molecular complexity index is 469. The van der Waals surface area contributed by atoms with Crippen LogP contribution in [0.1, 0.15) is 44.2 Å². The van der Waals surface area contributed by atoms with Crippen LogP contribution in [0.2, 0.25) is 0 Å². The number of rotatable bonds is 4. The van der Waals surface area contributed by atoms with E-state index < -0.39 is 0 Å². The molecule has 1 N–H and O–H groups in total. The van der Waals surface area contributed by atoms with E-state index in [1.807, 2.05) is 44.5 Å². The summed E-state index contributed by atoms with van der Waals surface area (Å²) in [5.41, 5.74) is 0.623. The van der Waals surface area contributed by atoms with Gasteiger partial charge >= 0.3 is 0 Å². The third-order valence-corrected chi connectivity index (χ3v) is 3.17. The van der Waals surface area contributed by atoms with Gasteiger partial charge in [0.25, 0.3) is 5.91 Å². The highest BCUT2D eigenvalue weighted by Crippen LogP contribution is 2.19. The SMILES string of the molecule is C#CC(NC(=O)c1cc(Br)cn1C(C)C)C(C)C. The van der Waals surface area contributed by atoms with E-state index in [0.29, 0.717) is 5.69 Å². The summed E-state index contributed by atoms with van der Waals surface area (Å²) in [6.45, 7) is 8.04. The Morgan fingerprint density at radius 1 is 1.44 bits per heavy atom. The molecule has 1 unspecified atom stereocenters. The molecule has 4 heteroatoms. The zero-order chi connectivity index (χ0) is 13.9. The van der Waals surface area contributed by atoms with Crippen molar-refractivity contribution in [3.8, 4) is 12.3 Å². The lowest BCUT2D eigenvalue weighted by atomic mass is 10.1. The van der Waals surface area contributed by atoms with Crippen LogP contribution < -0.4 is 5.32 Å². The molecule has 1 aromatic heterocycles. The van der Waals surface area contributed by atoms with Crippen LogP contribution in [0.25, 0.3) is 0 Å². The van der Waals surface area contributed by atoms with Crippen LogP contribution in [0.15, 0.2) is 16.7 Å². The Balaban J connectivity index is 2.94. The summed E-state index contributed by atoms with van der Waals surface area (Å²) in [4.78, 5) is 12.2. The highest BCUT2D eigenvalue weighted by Gasteiger charge is 2.19. The maximum absolute atomic E-state index is 12.2. The molecule has 98 valence electrons. The van der Waals surface area contributed by atoms with Crippen LogP contribution in [-0.4, -0.2) is 16.5 Å². The molecule has 3 nitrogen and oxygen atoms in total. The molecule has 1 aromatic rings. The average molecular weight is 311 g/mol. The fourth-order valence-electron chi connectivity index (χ4n) is 1.67. The largest absolute Gasteiger partial charge is 0.340 e. The number of terminal acetylenes is 1. The second-order valence-electron chi connectivity index (χ2n) is 4.91. The molecule has 1 rings (SSSR count). The quantitative estimate of drug-likeness (QED) is 0.851. The van der Waals surface area contributed by atoms with E-state index in [9.17, 15) is 4.79 Å². The lowest BCUT2D eigenvalue weighted by Gasteiger charge is -2.18. The van der Waals surface area contributed by atoms with Crippen LogP contribution in [0.3, 0.4) is 0 Å². The first kappa shape index (κ1) is 14.8. The van der Waals surface area contributed by atoms with E-state index >= 15 is 0 Å². The van der Waals surface area contributed by atoms with Crippen molar-refractivity contribution in [1.29, 1.82) is 0 Å². The van der Waals surface area contributed by atoms with E-state index in [2.05, 4.69) is 27.2 Å². The first-order chi connectivity index (χ1) is 8.36. The molecule has 0 aliphatic rings. The Kier molecular flexibility index (Phi) is 5.03. The van der Waals surface area contributed by atoms with Crippen LogP contribution in [0.5, 0.6) is 0 Å². The molecule has 0 fully saturated rings. The second kappa shape index (κ2) is 6.10. The lowest BCUT2D eigenvalue weighted by molar-refractivity contribution is 0.0927. The summed E-state index contributed by atoms with van der Waals surface area (Å²) in [7, 11) is 0. The number of amides is 1. The first-order valence-electron chi connectivity index (χ1n) is 6.01. The standard InChI is InChI=1S/C14H19BrN2O/c1-6-12(9(2)3)16-14(18)13-7-11(15)8-17(13)10(4)5/h1,7-10,12H,2-5H3,(H,16,18). The fraction of sp³-hybridized carbons (Fsp3) is 0.500. The number of nitrogens with one attached hydrogen (secondary N) is 1. The van der Waals surface area contributed by atoms with Crippen molar-refractivity contribution >= 4 is 21.8 Å². The zero-order valence-electron chi connectivity index (χ0n) is 11.2.